The summed E-state index contributed by atoms with van der Waals surface area (Å²) in [6.45, 7) is 0. The Bertz CT molecular complexity index is 1190. The molecule has 176 valence electrons. The molecule has 0 saturated heterocycles. The molecular weight excluding hydrogens is 501 g/mol. The number of esters is 1. The van der Waals surface area contributed by atoms with E-state index in [1.807, 2.05) is 0 Å². The number of rotatable bonds is 7. The summed E-state index contributed by atoms with van der Waals surface area (Å²) in [4.78, 5) is 37.8. The molecule has 2 aromatic rings. The largest absolute Gasteiger partial charge is 0.495 e. The molecule has 2 amide bonds. The topological polar surface area (TPSA) is 118 Å². The number of nitrogens with one attached hydrogen (secondary N) is 2. The smallest absolute Gasteiger partial charge is 0.319 e. The Balaban J connectivity index is 1.89. The SMILES string of the molecule is COC(=O)[C@H]1C(=O)NC(SCC(=O)Nc2cc(Cl)ccc2OC)=C(C#N)[C@@H]1c1ccc(Cl)cc1. The molecule has 0 spiro atoms. The van der Waals surface area contributed by atoms with Crippen molar-refractivity contribution in [1.82, 2.24) is 5.32 Å². The van der Waals surface area contributed by atoms with Crippen LogP contribution >= 0.6 is 35.0 Å². The first kappa shape index (κ1) is 25.4. The molecule has 3 rings (SSSR count). The Morgan fingerprint density at radius 2 is 1.82 bits per heavy atom. The summed E-state index contributed by atoms with van der Waals surface area (Å²) in [6, 6.07) is 13.3. The highest BCUT2D eigenvalue weighted by atomic mass is 35.5. The monoisotopic (exact) mass is 519 g/mol. The van der Waals surface area contributed by atoms with E-state index < -0.39 is 29.6 Å². The van der Waals surface area contributed by atoms with Crippen molar-refractivity contribution in [3.63, 3.8) is 0 Å². The lowest BCUT2D eigenvalue weighted by Gasteiger charge is -2.30. The van der Waals surface area contributed by atoms with Gasteiger partial charge < -0.3 is 20.1 Å². The van der Waals surface area contributed by atoms with E-state index in [0.29, 0.717) is 27.0 Å². The van der Waals surface area contributed by atoms with Crippen molar-refractivity contribution >= 4 is 58.4 Å². The minimum Gasteiger partial charge on any atom is -0.495 e. The summed E-state index contributed by atoms with van der Waals surface area (Å²) >= 11 is 12.9. The first-order valence-electron chi connectivity index (χ1n) is 9.83. The van der Waals surface area contributed by atoms with Crippen molar-refractivity contribution in [1.29, 1.82) is 5.26 Å². The summed E-state index contributed by atoms with van der Waals surface area (Å²) in [5, 5.41) is 16.2. The molecule has 1 aliphatic heterocycles. The molecule has 34 heavy (non-hydrogen) atoms. The molecule has 2 atom stereocenters. The number of anilines is 1. The number of allylic oxidation sites excluding steroid dienone is 1. The zero-order chi connectivity index (χ0) is 24.8. The van der Waals surface area contributed by atoms with Gasteiger partial charge in [0, 0.05) is 16.0 Å². The molecule has 1 aliphatic rings. The Morgan fingerprint density at radius 3 is 2.44 bits per heavy atom. The third-order valence-electron chi connectivity index (χ3n) is 5.00. The molecule has 0 aliphatic carbocycles. The second kappa shape index (κ2) is 11.3. The van der Waals surface area contributed by atoms with Gasteiger partial charge in [0.1, 0.15) is 11.7 Å². The van der Waals surface area contributed by atoms with E-state index in [1.165, 1.54) is 14.2 Å². The number of hydrogen-bond donors (Lipinski definition) is 2. The fourth-order valence-corrected chi connectivity index (χ4v) is 4.60. The highest BCUT2D eigenvalue weighted by Gasteiger charge is 2.44. The van der Waals surface area contributed by atoms with Crippen LogP contribution in [0.15, 0.2) is 53.1 Å². The number of amides is 2. The number of carbonyl (C=O) groups excluding carboxylic acids is 3. The van der Waals surface area contributed by atoms with Crippen molar-refractivity contribution in [2.45, 2.75) is 5.92 Å². The van der Waals surface area contributed by atoms with Gasteiger partial charge in [0.2, 0.25) is 11.8 Å². The van der Waals surface area contributed by atoms with Crippen LogP contribution in [0.3, 0.4) is 0 Å². The zero-order valence-electron chi connectivity index (χ0n) is 18.1. The third-order valence-corrected chi connectivity index (χ3v) is 6.50. The number of carbonyl (C=O) groups is 3. The number of benzene rings is 2. The van der Waals surface area contributed by atoms with Gasteiger partial charge in [-0.2, -0.15) is 5.26 Å². The standard InChI is InChI=1S/C23H19Cl2N3O5S/c1-32-17-8-7-14(25)9-16(17)27-18(29)11-34-22-15(10-26)19(12-3-5-13(24)6-4-12)20(21(30)28-22)23(31)33-2/h3-9,19-20H,11H2,1-2H3,(H,27,29)(H,28,30)/t19-,20+/m0/s1. The lowest BCUT2D eigenvalue weighted by molar-refractivity contribution is -0.150. The average Bonchev–Trinajstić information content (AvgIpc) is 2.82. The predicted octanol–water partition coefficient (Wildman–Crippen LogP) is 4.11. The number of ether oxygens (including phenoxy) is 2. The molecule has 0 fully saturated rings. The third kappa shape index (κ3) is 5.65. The van der Waals surface area contributed by atoms with E-state index in [0.717, 1.165) is 11.8 Å². The maximum atomic E-state index is 12.8. The van der Waals surface area contributed by atoms with Gasteiger partial charge in [-0.05, 0) is 35.9 Å². The molecule has 8 nitrogen and oxygen atoms in total. The Labute approximate surface area is 210 Å². The molecule has 0 bridgehead atoms. The minimum absolute atomic E-state index is 0.132. The van der Waals surface area contributed by atoms with Crippen molar-refractivity contribution in [3.05, 3.63) is 68.7 Å². The van der Waals surface area contributed by atoms with Crippen molar-refractivity contribution in [2.75, 3.05) is 25.3 Å². The van der Waals surface area contributed by atoms with Crippen molar-refractivity contribution in [2.24, 2.45) is 5.92 Å². The number of hydrogen-bond acceptors (Lipinski definition) is 7. The van der Waals surface area contributed by atoms with Crippen LogP contribution in [0.4, 0.5) is 5.69 Å². The normalized spacial score (nSPS) is 17.4. The Hall–Kier alpha value is -3.19. The molecule has 11 heteroatoms. The molecule has 0 saturated carbocycles. The average molecular weight is 520 g/mol. The second-order valence-corrected chi connectivity index (χ2v) is 8.91. The van der Waals surface area contributed by atoms with Crippen LogP contribution in [-0.2, 0) is 19.1 Å². The molecular formula is C23H19Cl2N3O5S. The summed E-state index contributed by atoms with van der Waals surface area (Å²) < 4.78 is 10.0. The Morgan fingerprint density at radius 1 is 1.15 bits per heavy atom. The van der Waals surface area contributed by atoms with Crippen LogP contribution in [0.25, 0.3) is 0 Å². The van der Waals surface area contributed by atoms with Gasteiger partial charge in [-0.25, -0.2) is 0 Å². The van der Waals surface area contributed by atoms with E-state index in [2.05, 4.69) is 16.7 Å². The quantitative estimate of drug-likeness (QED) is 0.417. The molecule has 1 heterocycles. The van der Waals surface area contributed by atoms with Gasteiger partial charge in [-0.1, -0.05) is 47.1 Å². The lowest BCUT2D eigenvalue weighted by Crippen LogP contribution is -2.44. The van der Waals surface area contributed by atoms with Gasteiger partial charge in [0.15, 0.2) is 0 Å². The van der Waals surface area contributed by atoms with Gasteiger partial charge in [-0.15, -0.1) is 0 Å². The van der Waals surface area contributed by atoms with Gasteiger partial charge in [-0.3, -0.25) is 14.4 Å². The van der Waals surface area contributed by atoms with Crippen LogP contribution < -0.4 is 15.4 Å². The highest BCUT2D eigenvalue weighted by molar-refractivity contribution is 8.03. The minimum atomic E-state index is -1.27. The zero-order valence-corrected chi connectivity index (χ0v) is 20.4. The second-order valence-electron chi connectivity index (χ2n) is 7.06. The van der Waals surface area contributed by atoms with E-state index in [-0.39, 0.29) is 16.4 Å². The first-order chi connectivity index (χ1) is 16.3. The molecule has 2 aromatic carbocycles. The van der Waals surface area contributed by atoms with Gasteiger partial charge >= 0.3 is 5.97 Å². The predicted molar refractivity (Wildman–Crippen MR) is 130 cm³/mol. The van der Waals surface area contributed by atoms with E-state index in [4.69, 9.17) is 32.7 Å². The number of nitriles is 1. The number of thioether (sulfide) groups is 1. The number of halogens is 2. The fraction of sp³-hybridized carbons (Fsp3) is 0.217. The van der Waals surface area contributed by atoms with Gasteiger partial charge in [0.25, 0.3) is 0 Å². The molecule has 0 unspecified atom stereocenters. The van der Waals surface area contributed by atoms with Crippen LogP contribution in [0, 0.1) is 17.2 Å². The maximum absolute atomic E-state index is 12.8. The number of methoxy groups -OCH3 is 2. The van der Waals surface area contributed by atoms with E-state index in [9.17, 15) is 19.6 Å². The molecule has 0 aromatic heterocycles. The van der Waals surface area contributed by atoms with E-state index in [1.54, 1.807) is 42.5 Å². The summed E-state index contributed by atoms with van der Waals surface area (Å²) in [6.07, 6.45) is 0. The highest BCUT2D eigenvalue weighted by Crippen LogP contribution is 2.40. The molecule has 2 N–H and O–H groups in total. The lowest BCUT2D eigenvalue weighted by atomic mass is 9.78. The fourth-order valence-electron chi connectivity index (χ4n) is 3.45. The maximum Gasteiger partial charge on any atom is 0.319 e. The Kier molecular flexibility index (Phi) is 8.45. The van der Waals surface area contributed by atoms with Crippen molar-refractivity contribution < 1.29 is 23.9 Å². The van der Waals surface area contributed by atoms with Crippen LogP contribution in [0.1, 0.15) is 11.5 Å². The molecule has 0 radical (unpaired) electrons. The number of nitrogens with zero attached hydrogens (tertiary/aromatic N) is 1. The van der Waals surface area contributed by atoms with E-state index >= 15 is 0 Å². The van der Waals surface area contributed by atoms with Crippen LogP contribution in [0.2, 0.25) is 10.0 Å². The van der Waals surface area contributed by atoms with Crippen LogP contribution in [-0.4, -0.2) is 37.8 Å². The summed E-state index contributed by atoms with van der Waals surface area (Å²) in [7, 11) is 2.63. The summed E-state index contributed by atoms with van der Waals surface area (Å²) in [5.41, 5.74) is 1.06. The first-order valence-corrected chi connectivity index (χ1v) is 11.6. The summed E-state index contributed by atoms with van der Waals surface area (Å²) in [5.74, 6) is -3.70. The van der Waals surface area contributed by atoms with Gasteiger partial charge in [0.05, 0.1) is 42.3 Å². The van der Waals surface area contributed by atoms with Crippen molar-refractivity contribution in [3.8, 4) is 11.8 Å². The van der Waals surface area contributed by atoms with Crippen LogP contribution in [0.5, 0.6) is 5.75 Å².